The van der Waals surface area contributed by atoms with Crippen LogP contribution in [-0.4, -0.2) is 23.0 Å². The number of amides is 1. The highest BCUT2D eigenvalue weighted by atomic mass is 16.4. The molecule has 2 atom stereocenters. The molecule has 0 aromatic heterocycles. The number of aliphatic carboxylic acids is 1. The van der Waals surface area contributed by atoms with Crippen molar-refractivity contribution in [2.45, 2.75) is 59.4 Å². The summed E-state index contributed by atoms with van der Waals surface area (Å²) in [6.07, 6.45) is 3.11. The maximum Gasteiger partial charge on any atom is 0.306 e. The minimum absolute atomic E-state index is 0.0366. The fraction of sp³-hybridized carbons (Fsp3) is 0.867. The highest BCUT2D eigenvalue weighted by Gasteiger charge is 2.68. The van der Waals surface area contributed by atoms with Gasteiger partial charge in [-0.1, -0.05) is 34.1 Å². The Hall–Kier alpha value is -1.06. The van der Waals surface area contributed by atoms with Crippen LogP contribution in [0.25, 0.3) is 0 Å². The molecular formula is C15H25NO3. The quantitative estimate of drug-likeness (QED) is 0.825. The summed E-state index contributed by atoms with van der Waals surface area (Å²) >= 11 is 0. The average Bonchev–Trinajstić information content (AvgIpc) is 2.69. The van der Waals surface area contributed by atoms with Gasteiger partial charge in [-0.3, -0.25) is 9.59 Å². The Morgan fingerprint density at radius 1 is 1.11 bits per heavy atom. The Morgan fingerprint density at radius 3 is 2.16 bits per heavy atom. The molecule has 2 aliphatic rings. The van der Waals surface area contributed by atoms with Gasteiger partial charge < -0.3 is 10.4 Å². The van der Waals surface area contributed by atoms with E-state index in [-0.39, 0.29) is 34.6 Å². The molecule has 0 radical (unpaired) electrons. The summed E-state index contributed by atoms with van der Waals surface area (Å²) in [6.45, 7) is 8.49. The minimum atomic E-state index is -0.731. The van der Waals surface area contributed by atoms with Crippen molar-refractivity contribution in [2.24, 2.45) is 22.7 Å². The maximum atomic E-state index is 12.3. The van der Waals surface area contributed by atoms with Crippen LogP contribution < -0.4 is 5.32 Å². The second-order valence-electron chi connectivity index (χ2n) is 7.28. The first kappa shape index (κ1) is 14.4. The summed E-state index contributed by atoms with van der Waals surface area (Å²) < 4.78 is 0. The number of carbonyl (C=O) groups excluding carboxylic acids is 1. The third-order valence-electron chi connectivity index (χ3n) is 5.65. The lowest BCUT2D eigenvalue weighted by molar-refractivity contribution is -0.143. The van der Waals surface area contributed by atoms with Crippen LogP contribution in [0.1, 0.15) is 53.4 Å². The molecule has 2 N–H and O–H groups in total. The average molecular weight is 267 g/mol. The summed E-state index contributed by atoms with van der Waals surface area (Å²) in [4.78, 5) is 23.3. The van der Waals surface area contributed by atoms with Crippen LogP contribution in [-0.2, 0) is 9.59 Å². The first-order chi connectivity index (χ1) is 8.68. The van der Waals surface area contributed by atoms with Crippen molar-refractivity contribution in [2.75, 3.05) is 0 Å². The zero-order valence-electron chi connectivity index (χ0n) is 12.3. The predicted molar refractivity (Wildman–Crippen MR) is 72.6 cm³/mol. The number of hydrogen-bond acceptors (Lipinski definition) is 2. The number of carboxylic acids is 1. The molecule has 2 fully saturated rings. The molecule has 4 nitrogen and oxygen atoms in total. The molecule has 2 rings (SSSR count). The Balaban J connectivity index is 1.92. The number of carboxylic acid groups (broad SMARTS) is 1. The summed E-state index contributed by atoms with van der Waals surface area (Å²) in [5, 5.41) is 12.1. The Kier molecular flexibility index (Phi) is 3.40. The molecule has 108 valence electrons. The SMILES string of the molecule is CC1(C)C(C(=O)NC2CCCC(C(=O)O)C2)C1(C)C. The van der Waals surface area contributed by atoms with Gasteiger partial charge in [-0.15, -0.1) is 0 Å². The normalized spacial score (nSPS) is 32.6. The van der Waals surface area contributed by atoms with E-state index in [9.17, 15) is 9.59 Å². The lowest BCUT2D eigenvalue weighted by Crippen LogP contribution is -2.41. The molecule has 0 saturated heterocycles. The summed E-state index contributed by atoms with van der Waals surface area (Å²) in [7, 11) is 0. The fourth-order valence-corrected chi connectivity index (χ4v) is 3.68. The number of nitrogens with one attached hydrogen (secondary N) is 1. The number of hydrogen-bond donors (Lipinski definition) is 2. The van der Waals surface area contributed by atoms with Gasteiger partial charge >= 0.3 is 5.97 Å². The molecule has 0 aromatic rings. The van der Waals surface area contributed by atoms with Crippen molar-refractivity contribution in [1.82, 2.24) is 5.32 Å². The molecule has 0 heterocycles. The molecule has 0 aliphatic heterocycles. The fourth-order valence-electron chi connectivity index (χ4n) is 3.68. The van der Waals surface area contributed by atoms with Crippen molar-refractivity contribution < 1.29 is 14.7 Å². The number of rotatable bonds is 3. The van der Waals surface area contributed by atoms with Gasteiger partial charge in [0, 0.05) is 12.0 Å². The van der Waals surface area contributed by atoms with Gasteiger partial charge in [-0.2, -0.15) is 0 Å². The van der Waals surface area contributed by atoms with Gasteiger partial charge in [-0.25, -0.2) is 0 Å². The van der Waals surface area contributed by atoms with E-state index in [1.54, 1.807) is 0 Å². The van der Waals surface area contributed by atoms with Gasteiger partial charge in [0.1, 0.15) is 0 Å². The molecular weight excluding hydrogens is 242 g/mol. The van der Waals surface area contributed by atoms with Crippen LogP contribution in [0.15, 0.2) is 0 Å². The van der Waals surface area contributed by atoms with E-state index in [1.807, 2.05) is 0 Å². The molecule has 1 amide bonds. The molecule has 4 heteroatoms. The smallest absolute Gasteiger partial charge is 0.306 e. The van der Waals surface area contributed by atoms with Gasteiger partial charge in [0.25, 0.3) is 0 Å². The third kappa shape index (κ3) is 2.37. The van der Waals surface area contributed by atoms with Crippen molar-refractivity contribution in [3.05, 3.63) is 0 Å². The number of carbonyl (C=O) groups is 2. The standard InChI is InChI=1S/C15H25NO3/c1-14(2)11(15(14,3)4)12(17)16-10-7-5-6-9(8-10)13(18)19/h9-11H,5-8H2,1-4H3,(H,16,17)(H,18,19). The van der Waals surface area contributed by atoms with Crippen LogP contribution in [0.5, 0.6) is 0 Å². The Morgan fingerprint density at radius 2 is 1.68 bits per heavy atom. The van der Waals surface area contributed by atoms with Crippen LogP contribution in [0.4, 0.5) is 0 Å². The molecule has 2 saturated carbocycles. The third-order valence-corrected chi connectivity index (χ3v) is 5.65. The molecule has 0 spiro atoms. The van der Waals surface area contributed by atoms with Gasteiger partial charge in [0.15, 0.2) is 0 Å². The van der Waals surface area contributed by atoms with Crippen LogP contribution in [0, 0.1) is 22.7 Å². The molecule has 2 unspecified atom stereocenters. The van der Waals surface area contributed by atoms with Crippen molar-refractivity contribution >= 4 is 11.9 Å². The van der Waals surface area contributed by atoms with E-state index in [2.05, 4.69) is 33.0 Å². The Labute approximate surface area is 115 Å². The largest absolute Gasteiger partial charge is 0.481 e. The van der Waals surface area contributed by atoms with Crippen LogP contribution >= 0.6 is 0 Å². The Bertz CT molecular complexity index is 386. The highest BCUT2D eigenvalue weighted by molar-refractivity contribution is 5.84. The van der Waals surface area contributed by atoms with Crippen molar-refractivity contribution in [3.8, 4) is 0 Å². The second-order valence-corrected chi connectivity index (χ2v) is 7.28. The van der Waals surface area contributed by atoms with Gasteiger partial charge in [0.05, 0.1) is 5.92 Å². The summed E-state index contributed by atoms with van der Waals surface area (Å²) in [5.41, 5.74) is 0.0793. The first-order valence-corrected chi connectivity index (χ1v) is 7.21. The predicted octanol–water partition coefficient (Wildman–Crippen LogP) is 2.43. The lowest BCUT2D eigenvalue weighted by atomic mass is 9.85. The first-order valence-electron chi connectivity index (χ1n) is 7.21. The van der Waals surface area contributed by atoms with Crippen molar-refractivity contribution in [3.63, 3.8) is 0 Å². The van der Waals surface area contributed by atoms with E-state index in [0.29, 0.717) is 6.42 Å². The van der Waals surface area contributed by atoms with E-state index in [0.717, 1.165) is 19.3 Å². The highest BCUT2D eigenvalue weighted by Crippen LogP contribution is 2.68. The van der Waals surface area contributed by atoms with E-state index >= 15 is 0 Å². The lowest BCUT2D eigenvalue weighted by Gasteiger charge is -2.27. The van der Waals surface area contributed by atoms with Crippen LogP contribution in [0.3, 0.4) is 0 Å². The topological polar surface area (TPSA) is 66.4 Å². The second kappa shape index (κ2) is 4.50. The van der Waals surface area contributed by atoms with Gasteiger partial charge in [0.2, 0.25) is 5.91 Å². The van der Waals surface area contributed by atoms with E-state index < -0.39 is 5.97 Å². The van der Waals surface area contributed by atoms with Gasteiger partial charge in [-0.05, 0) is 30.1 Å². The molecule has 19 heavy (non-hydrogen) atoms. The zero-order valence-corrected chi connectivity index (χ0v) is 12.3. The maximum absolute atomic E-state index is 12.3. The molecule has 2 aliphatic carbocycles. The molecule has 0 bridgehead atoms. The van der Waals surface area contributed by atoms with Crippen molar-refractivity contribution in [1.29, 1.82) is 0 Å². The summed E-state index contributed by atoms with van der Waals surface area (Å²) in [6, 6.07) is 0.0366. The monoisotopic (exact) mass is 267 g/mol. The molecule has 0 aromatic carbocycles. The summed E-state index contributed by atoms with van der Waals surface area (Å²) in [5.74, 6) is -0.874. The van der Waals surface area contributed by atoms with E-state index in [4.69, 9.17) is 5.11 Å². The minimum Gasteiger partial charge on any atom is -0.481 e. The van der Waals surface area contributed by atoms with Crippen LogP contribution in [0.2, 0.25) is 0 Å². The zero-order chi connectivity index (χ0) is 14.4. The van der Waals surface area contributed by atoms with E-state index in [1.165, 1.54) is 0 Å².